The van der Waals surface area contributed by atoms with Gasteiger partial charge in [-0.1, -0.05) is 18.2 Å². The van der Waals surface area contributed by atoms with Crippen LogP contribution in [-0.2, 0) is 11.3 Å². The van der Waals surface area contributed by atoms with E-state index >= 15 is 0 Å². The van der Waals surface area contributed by atoms with E-state index in [0.29, 0.717) is 19.8 Å². The molecule has 1 aliphatic rings. The van der Waals surface area contributed by atoms with Crippen LogP contribution in [0.25, 0.3) is 0 Å². The van der Waals surface area contributed by atoms with E-state index in [1.807, 2.05) is 30.3 Å². The summed E-state index contributed by atoms with van der Waals surface area (Å²) in [5.74, 6) is 1.56. The zero-order valence-electron chi connectivity index (χ0n) is 13.9. The average molecular weight is 331 g/mol. The molecular weight excluding hydrogens is 309 g/mol. The first-order valence-electron chi connectivity index (χ1n) is 7.99. The Balaban J connectivity index is 1.73. The Labute approximate surface area is 141 Å². The highest BCUT2D eigenvalue weighted by atomic mass is 19.1. The van der Waals surface area contributed by atoms with Gasteiger partial charge in [0.05, 0.1) is 27.4 Å². The summed E-state index contributed by atoms with van der Waals surface area (Å²) in [6.07, 6.45) is 0. The molecule has 1 heterocycles. The number of hydrogen-bond acceptors (Lipinski definition) is 4. The second-order valence-electron chi connectivity index (χ2n) is 5.82. The monoisotopic (exact) mass is 331 g/mol. The van der Waals surface area contributed by atoms with Gasteiger partial charge in [-0.05, 0) is 29.8 Å². The molecule has 0 aromatic heterocycles. The van der Waals surface area contributed by atoms with Crippen LogP contribution in [0.1, 0.15) is 17.0 Å². The predicted molar refractivity (Wildman–Crippen MR) is 90.1 cm³/mol. The van der Waals surface area contributed by atoms with E-state index in [1.165, 1.54) is 12.1 Å². The van der Waals surface area contributed by atoms with Crippen LogP contribution in [0.15, 0.2) is 42.5 Å². The summed E-state index contributed by atoms with van der Waals surface area (Å²) >= 11 is 0. The molecule has 0 saturated carbocycles. The number of hydrogen-bond donors (Lipinski definition) is 1. The van der Waals surface area contributed by atoms with Gasteiger partial charge in [-0.15, -0.1) is 0 Å². The average Bonchev–Trinajstić information content (AvgIpc) is 3.08. The van der Waals surface area contributed by atoms with Crippen molar-refractivity contribution in [3.8, 4) is 11.5 Å². The standard InChI is InChI=1S/C19H22FNO3/c1-22-18-4-3-5-19(23-2)15(18)10-21-17-12-24-11-16(17)13-6-8-14(20)9-7-13/h3-9,16-17,21H,10-12H2,1-2H3/t16-,17+/m0/s1. The summed E-state index contributed by atoms with van der Waals surface area (Å²) in [6, 6.07) is 12.5. The minimum atomic E-state index is -0.221. The van der Waals surface area contributed by atoms with Gasteiger partial charge >= 0.3 is 0 Å². The lowest BCUT2D eigenvalue weighted by atomic mass is 9.94. The first kappa shape index (κ1) is 16.7. The van der Waals surface area contributed by atoms with E-state index in [-0.39, 0.29) is 17.8 Å². The fourth-order valence-electron chi connectivity index (χ4n) is 3.13. The Morgan fingerprint density at radius 3 is 2.33 bits per heavy atom. The fraction of sp³-hybridized carbons (Fsp3) is 0.368. The van der Waals surface area contributed by atoms with Crippen LogP contribution in [0.2, 0.25) is 0 Å². The van der Waals surface area contributed by atoms with Crippen LogP contribution in [0.4, 0.5) is 4.39 Å². The zero-order valence-corrected chi connectivity index (χ0v) is 13.9. The molecule has 0 amide bonds. The SMILES string of the molecule is COc1cccc(OC)c1CN[C@@H]1COC[C@H]1c1ccc(F)cc1. The van der Waals surface area contributed by atoms with Crippen molar-refractivity contribution < 1.29 is 18.6 Å². The van der Waals surface area contributed by atoms with Gasteiger partial charge < -0.3 is 19.5 Å². The third kappa shape index (κ3) is 3.52. The third-order valence-corrected chi connectivity index (χ3v) is 4.45. The van der Waals surface area contributed by atoms with Crippen LogP contribution >= 0.6 is 0 Å². The van der Waals surface area contributed by atoms with Crippen LogP contribution < -0.4 is 14.8 Å². The van der Waals surface area contributed by atoms with Crippen molar-refractivity contribution in [2.24, 2.45) is 0 Å². The third-order valence-electron chi connectivity index (χ3n) is 4.45. The van der Waals surface area contributed by atoms with E-state index < -0.39 is 0 Å². The highest BCUT2D eigenvalue weighted by Gasteiger charge is 2.29. The lowest BCUT2D eigenvalue weighted by molar-refractivity contribution is 0.187. The molecule has 0 spiro atoms. The number of rotatable bonds is 6. The second-order valence-corrected chi connectivity index (χ2v) is 5.82. The molecule has 1 N–H and O–H groups in total. The van der Waals surface area contributed by atoms with Crippen molar-refractivity contribution in [1.82, 2.24) is 5.32 Å². The van der Waals surface area contributed by atoms with Gasteiger partial charge in [0.25, 0.3) is 0 Å². The summed E-state index contributed by atoms with van der Waals surface area (Å²) in [5, 5.41) is 3.53. The largest absolute Gasteiger partial charge is 0.496 e. The molecular formula is C19H22FNO3. The molecule has 5 heteroatoms. The van der Waals surface area contributed by atoms with Gasteiger partial charge in [-0.25, -0.2) is 4.39 Å². The summed E-state index contributed by atoms with van der Waals surface area (Å²) in [7, 11) is 3.30. The minimum absolute atomic E-state index is 0.157. The number of ether oxygens (including phenoxy) is 3. The number of nitrogens with one attached hydrogen (secondary N) is 1. The van der Waals surface area contributed by atoms with E-state index in [1.54, 1.807) is 14.2 Å². The summed E-state index contributed by atoms with van der Waals surface area (Å²) in [6.45, 7) is 1.87. The Hall–Kier alpha value is -2.11. The van der Waals surface area contributed by atoms with Crippen molar-refractivity contribution in [3.63, 3.8) is 0 Å². The lowest BCUT2D eigenvalue weighted by Gasteiger charge is -2.21. The molecule has 3 rings (SSSR count). The molecule has 4 nitrogen and oxygen atoms in total. The Morgan fingerprint density at radius 1 is 1.04 bits per heavy atom. The van der Waals surface area contributed by atoms with E-state index in [0.717, 1.165) is 22.6 Å². The van der Waals surface area contributed by atoms with Gasteiger partial charge in [0, 0.05) is 24.1 Å². The number of benzene rings is 2. The quantitative estimate of drug-likeness (QED) is 0.883. The maximum atomic E-state index is 13.1. The van der Waals surface area contributed by atoms with Gasteiger partial charge in [-0.2, -0.15) is 0 Å². The topological polar surface area (TPSA) is 39.7 Å². The molecule has 0 unspecified atom stereocenters. The smallest absolute Gasteiger partial charge is 0.127 e. The summed E-state index contributed by atoms with van der Waals surface area (Å²) in [4.78, 5) is 0. The first-order chi connectivity index (χ1) is 11.7. The lowest BCUT2D eigenvalue weighted by Crippen LogP contribution is -2.34. The van der Waals surface area contributed by atoms with Crippen molar-refractivity contribution in [3.05, 3.63) is 59.4 Å². The normalized spacial score (nSPS) is 20.1. The number of methoxy groups -OCH3 is 2. The molecule has 1 aliphatic heterocycles. The van der Waals surface area contributed by atoms with Gasteiger partial charge in [0.2, 0.25) is 0 Å². The van der Waals surface area contributed by atoms with Crippen LogP contribution in [0, 0.1) is 5.82 Å². The van der Waals surface area contributed by atoms with Gasteiger partial charge in [0.15, 0.2) is 0 Å². The van der Waals surface area contributed by atoms with Gasteiger partial charge in [-0.3, -0.25) is 0 Å². The molecule has 128 valence electrons. The summed E-state index contributed by atoms with van der Waals surface area (Å²) < 4.78 is 29.6. The van der Waals surface area contributed by atoms with E-state index in [2.05, 4.69) is 5.32 Å². The number of halogens is 1. The van der Waals surface area contributed by atoms with E-state index in [9.17, 15) is 4.39 Å². The fourth-order valence-corrected chi connectivity index (χ4v) is 3.13. The highest BCUT2D eigenvalue weighted by molar-refractivity contribution is 5.44. The molecule has 0 aliphatic carbocycles. The Bertz CT molecular complexity index is 653. The molecule has 0 radical (unpaired) electrons. The van der Waals surface area contributed by atoms with Crippen molar-refractivity contribution in [2.45, 2.75) is 18.5 Å². The van der Waals surface area contributed by atoms with Crippen LogP contribution in [0.3, 0.4) is 0 Å². The molecule has 2 atom stereocenters. The Kier molecular flexibility index (Phi) is 5.33. The van der Waals surface area contributed by atoms with Crippen molar-refractivity contribution in [2.75, 3.05) is 27.4 Å². The molecule has 0 bridgehead atoms. The van der Waals surface area contributed by atoms with Crippen molar-refractivity contribution >= 4 is 0 Å². The maximum Gasteiger partial charge on any atom is 0.127 e. The molecule has 1 fully saturated rings. The Morgan fingerprint density at radius 2 is 1.71 bits per heavy atom. The van der Waals surface area contributed by atoms with E-state index in [4.69, 9.17) is 14.2 Å². The predicted octanol–water partition coefficient (Wildman–Crippen LogP) is 3.12. The highest BCUT2D eigenvalue weighted by Crippen LogP contribution is 2.30. The van der Waals surface area contributed by atoms with Crippen LogP contribution in [-0.4, -0.2) is 33.5 Å². The molecule has 2 aromatic rings. The van der Waals surface area contributed by atoms with Crippen molar-refractivity contribution in [1.29, 1.82) is 0 Å². The molecule has 1 saturated heterocycles. The minimum Gasteiger partial charge on any atom is -0.496 e. The first-order valence-corrected chi connectivity index (χ1v) is 7.99. The zero-order chi connectivity index (χ0) is 16.9. The van der Waals surface area contributed by atoms with Gasteiger partial charge in [0.1, 0.15) is 17.3 Å². The molecule has 24 heavy (non-hydrogen) atoms. The second kappa shape index (κ2) is 7.64. The summed E-state index contributed by atoms with van der Waals surface area (Å²) in [5.41, 5.74) is 2.06. The van der Waals surface area contributed by atoms with Crippen LogP contribution in [0.5, 0.6) is 11.5 Å². The molecule has 2 aromatic carbocycles. The maximum absolute atomic E-state index is 13.1.